The van der Waals surface area contributed by atoms with E-state index in [0.29, 0.717) is 22.7 Å². The second-order valence-corrected chi connectivity index (χ2v) is 6.20. The summed E-state index contributed by atoms with van der Waals surface area (Å²) in [4.78, 5) is 26.0. The number of aryl methyl sites for hydroxylation is 2. The standard InChI is InChI=1S/C17H20N2O2S/c1-4-12-10-15(22-11(12)3)17(21)19-14-8-6-7-13(9-14)16(20)18-5-2/h6-10H,4-5H2,1-3H3,(H,18,20)(H,19,21). The molecule has 5 heteroatoms. The maximum Gasteiger partial charge on any atom is 0.265 e. The summed E-state index contributed by atoms with van der Waals surface area (Å²) in [7, 11) is 0. The van der Waals surface area contributed by atoms with Crippen molar-refractivity contribution < 1.29 is 9.59 Å². The molecule has 0 aliphatic heterocycles. The average Bonchev–Trinajstić information content (AvgIpc) is 2.89. The molecule has 2 aromatic rings. The van der Waals surface area contributed by atoms with Crippen LogP contribution in [0.2, 0.25) is 0 Å². The molecule has 0 aliphatic rings. The lowest BCUT2D eigenvalue weighted by molar-refractivity contribution is 0.0954. The zero-order valence-electron chi connectivity index (χ0n) is 13.0. The van der Waals surface area contributed by atoms with E-state index in [1.54, 1.807) is 24.3 Å². The second-order valence-electron chi connectivity index (χ2n) is 4.94. The molecule has 0 saturated heterocycles. The molecule has 2 N–H and O–H groups in total. The zero-order chi connectivity index (χ0) is 16.1. The number of hydrogen-bond donors (Lipinski definition) is 2. The summed E-state index contributed by atoms with van der Waals surface area (Å²) in [5, 5.41) is 5.59. The number of thiophene rings is 1. The summed E-state index contributed by atoms with van der Waals surface area (Å²) < 4.78 is 0. The van der Waals surface area contributed by atoms with E-state index < -0.39 is 0 Å². The van der Waals surface area contributed by atoms with Crippen molar-refractivity contribution in [2.45, 2.75) is 27.2 Å². The highest BCUT2D eigenvalue weighted by atomic mass is 32.1. The number of anilines is 1. The van der Waals surface area contributed by atoms with Crippen molar-refractivity contribution in [1.29, 1.82) is 0 Å². The van der Waals surface area contributed by atoms with Gasteiger partial charge in [-0.15, -0.1) is 11.3 Å². The smallest absolute Gasteiger partial charge is 0.265 e. The monoisotopic (exact) mass is 316 g/mol. The first-order valence-electron chi connectivity index (χ1n) is 7.34. The number of rotatable bonds is 5. The minimum atomic E-state index is -0.140. The molecule has 0 radical (unpaired) electrons. The Morgan fingerprint density at radius 2 is 1.91 bits per heavy atom. The van der Waals surface area contributed by atoms with Gasteiger partial charge in [0.25, 0.3) is 11.8 Å². The van der Waals surface area contributed by atoms with Gasteiger partial charge in [-0.2, -0.15) is 0 Å². The van der Waals surface area contributed by atoms with Crippen LogP contribution in [0.4, 0.5) is 5.69 Å². The average molecular weight is 316 g/mol. The van der Waals surface area contributed by atoms with Crippen molar-refractivity contribution in [2.24, 2.45) is 0 Å². The zero-order valence-corrected chi connectivity index (χ0v) is 13.8. The fourth-order valence-electron chi connectivity index (χ4n) is 2.18. The van der Waals surface area contributed by atoms with Gasteiger partial charge in [-0.25, -0.2) is 0 Å². The Hall–Kier alpha value is -2.14. The summed E-state index contributed by atoms with van der Waals surface area (Å²) in [6, 6.07) is 8.89. The Morgan fingerprint density at radius 3 is 2.55 bits per heavy atom. The molecule has 0 bridgehead atoms. The van der Waals surface area contributed by atoms with Crippen molar-refractivity contribution >= 4 is 28.8 Å². The molecular formula is C17H20N2O2S. The summed E-state index contributed by atoms with van der Waals surface area (Å²) >= 11 is 1.49. The van der Waals surface area contributed by atoms with Gasteiger partial charge in [0.05, 0.1) is 4.88 Å². The van der Waals surface area contributed by atoms with Gasteiger partial charge in [-0.05, 0) is 50.1 Å². The molecule has 0 atom stereocenters. The number of carbonyl (C=O) groups excluding carboxylic acids is 2. The molecule has 2 amide bonds. The van der Waals surface area contributed by atoms with Crippen molar-refractivity contribution in [1.82, 2.24) is 5.32 Å². The predicted octanol–water partition coefficient (Wildman–Crippen LogP) is 3.62. The topological polar surface area (TPSA) is 58.2 Å². The number of carbonyl (C=O) groups is 2. The molecule has 1 aromatic heterocycles. The van der Waals surface area contributed by atoms with Crippen LogP contribution < -0.4 is 10.6 Å². The molecule has 4 nitrogen and oxygen atoms in total. The Labute approximate surface area is 134 Å². The minimum absolute atomic E-state index is 0.138. The molecule has 0 spiro atoms. The van der Waals surface area contributed by atoms with E-state index in [-0.39, 0.29) is 11.8 Å². The van der Waals surface area contributed by atoms with Crippen molar-refractivity contribution in [2.75, 3.05) is 11.9 Å². The SMILES string of the molecule is CCNC(=O)c1cccc(NC(=O)c2cc(CC)c(C)s2)c1. The van der Waals surface area contributed by atoms with Gasteiger partial charge in [0.15, 0.2) is 0 Å². The number of benzene rings is 1. The summed E-state index contributed by atoms with van der Waals surface area (Å²) in [5.41, 5.74) is 2.36. The Kier molecular flexibility index (Phi) is 5.33. The van der Waals surface area contributed by atoms with E-state index >= 15 is 0 Å². The molecule has 116 valence electrons. The van der Waals surface area contributed by atoms with Gasteiger partial charge in [-0.1, -0.05) is 13.0 Å². The van der Waals surface area contributed by atoms with Gasteiger partial charge in [0.1, 0.15) is 0 Å². The van der Waals surface area contributed by atoms with E-state index in [9.17, 15) is 9.59 Å². The Morgan fingerprint density at radius 1 is 1.14 bits per heavy atom. The van der Waals surface area contributed by atoms with E-state index in [4.69, 9.17) is 0 Å². The van der Waals surface area contributed by atoms with Gasteiger partial charge in [0, 0.05) is 22.7 Å². The number of amides is 2. The first-order valence-corrected chi connectivity index (χ1v) is 8.15. The molecule has 0 saturated carbocycles. The third kappa shape index (κ3) is 3.74. The molecule has 0 fully saturated rings. The van der Waals surface area contributed by atoms with Gasteiger partial charge < -0.3 is 10.6 Å². The molecule has 22 heavy (non-hydrogen) atoms. The molecular weight excluding hydrogens is 296 g/mol. The largest absolute Gasteiger partial charge is 0.352 e. The van der Waals surface area contributed by atoms with Crippen molar-refractivity contribution in [3.05, 3.63) is 51.2 Å². The molecule has 1 heterocycles. The first-order chi connectivity index (χ1) is 10.5. The van der Waals surface area contributed by atoms with E-state index in [1.807, 2.05) is 19.9 Å². The predicted molar refractivity (Wildman–Crippen MR) is 90.8 cm³/mol. The van der Waals surface area contributed by atoms with Crippen molar-refractivity contribution in [3.63, 3.8) is 0 Å². The fourth-order valence-corrected chi connectivity index (χ4v) is 3.19. The highest BCUT2D eigenvalue weighted by Gasteiger charge is 2.12. The van der Waals surface area contributed by atoms with E-state index in [2.05, 4.69) is 17.6 Å². The first kappa shape index (κ1) is 16.2. The van der Waals surface area contributed by atoms with Gasteiger partial charge in [-0.3, -0.25) is 9.59 Å². The van der Waals surface area contributed by atoms with Crippen molar-refractivity contribution in [3.8, 4) is 0 Å². The van der Waals surface area contributed by atoms with Crippen LogP contribution in [-0.2, 0) is 6.42 Å². The van der Waals surface area contributed by atoms with Gasteiger partial charge >= 0.3 is 0 Å². The normalized spacial score (nSPS) is 10.3. The third-order valence-electron chi connectivity index (χ3n) is 3.35. The Balaban J connectivity index is 2.14. The van der Waals surface area contributed by atoms with Gasteiger partial charge in [0.2, 0.25) is 0 Å². The quantitative estimate of drug-likeness (QED) is 0.885. The highest BCUT2D eigenvalue weighted by molar-refractivity contribution is 7.14. The molecule has 2 rings (SSSR count). The van der Waals surface area contributed by atoms with E-state index in [0.717, 1.165) is 6.42 Å². The Bertz CT molecular complexity index is 692. The third-order valence-corrected chi connectivity index (χ3v) is 4.44. The van der Waals surface area contributed by atoms with Crippen LogP contribution >= 0.6 is 11.3 Å². The van der Waals surface area contributed by atoms with E-state index in [1.165, 1.54) is 21.8 Å². The summed E-state index contributed by atoms with van der Waals surface area (Å²) in [6.45, 7) is 6.54. The van der Waals surface area contributed by atoms with Crippen LogP contribution in [-0.4, -0.2) is 18.4 Å². The summed E-state index contributed by atoms with van der Waals surface area (Å²) in [5.74, 6) is -0.278. The van der Waals surface area contributed by atoms with Crippen LogP contribution in [0.25, 0.3) is 0 Å². The lowest BCUT2D eigenvalue weighted by atomic mass is 10.2. The maximum atomic E-state index is 12.3. The van der Waals surface area contributed by atoms with Crippen LogP contribution in [0.15, 0.2) is 30.3 Å². The lowest BCUT2D eigenvalue weighted by Crippen LogP contribution is -2.22. The number of hydrogen-bond acceptors (Lipinski definition) is 3. The fraction of sp³-hybridized carbons (Fsp3) is 0.294. The minimum Gasteiger partial charge on any atom is -0.352 e. The van der Waals surface area contributed by atoms with Crippen LogP contribution in [0.5, 0.6) is 0 Å². The van der Waals surface area contributed by atoms with Crippen LogP contribution in [0.3, 0.4) is 0 Å². The molecule has 1 aromatic carbocycles. The van der Waals surface area contributed by atoms with Crippen LogP contribution in [0, 0.1) is 6.92 Å². The lowest BCUT2D eigenvalue weighted by Gasteiger charge is -2.06. The summed E-state index contributed by atoms with van der Waals surface area (Å²) in [6.07, 6.45) is 0.919. The number of nitrogens with one attached hydrogen (secondary N) is 2. The maximum absolute atomic E-state index is 12.3. The van der Waals surface area contributed by atoms with Crippen LogP contribution in [0.1, 0.15) is 44.3 Å². The second kappa shape index (κ2) is 7.22. The highest BCUT2D eigenvalue weighted by Crippen LogP contribution is 2.23. The molecule has 0 aliphatic carbocycles. The molecule has 0 unspecified atom stereocenters.